The van der Waals surface area contributed by atoms with Crippen LogP contribution in [0.25, 0.3) is 0 Å². The van der Waals surface area contributed by atoms with Gasteiger partial charge in [-0.2, -0.15) is 0 Å². The van der Waals surface area contributed by atoms with Crippen LogP contribution in [-0.4, -0.2) is 28.6 Å². The Kier molecular flexibility index (Phi) is 6.02. The zero-order valence-electron chi connectivity index (χ0n) is 5.43. The molecule has 0 spiro atoms. The van der Waals surface area contributed by atoms with E-state index in [0.29, 0.717) is 11.3 Å². The van der Waals surface area contributed by atoms with Gasteiger partial charge in [0.1, 0.15) is 0 Å². The minimum absolute atomic E-state index is 0.375. The van der Waals surface area contributed by atoms with Crippen LogP contribution in [0.1, 0.15) is 26.2 Å². The summed E-state index contributed by atoms with van der Waals surface area (Å²) in [5, 5.41) is 8.58. The van der Waals surface area contributed by atoms with Gasteiger partial charge in [0.05, 0.1) is 0 Å². The van der Waals surface area contributed by atoms with Gasteiger partial charge < -0.3 is 0 Å². The molecule has 2 atom stereocenters. The van der Waals surface area contributed by atoms with Crippen LogP contribution in [0.2, 0.25) is 4.71 Å². The maximum absolute atomic E-state index is 8.58. The molecule has 0 aliphatic rings. The second-order valence-corrected chi connectivity index (χ2v) is 4.06. The molecule has 1 N–H and O–H groups in total. The molecular formula is C6H15AsO. The van der Waals surface area contributed by atoms with E-state index in [-0.39, 0.29) is 0 Å². The van der Waals surface area contributed by atoms with Crippen molar-refractivity contribution in [3.63, 3.8) is 0 Å². The van der Waals surface area contributed by atoms with Crippen LogP contribution in [0.3, 0.4) is 0 Å². The van der Waals surface area contributed by atoms with Gasteiger partial charge in [-0.15, -0.1) is 0 Å². The molecule has 1 unspecified atom stereocenters. The number of aliphatic hydroxyl groups is 1. The van der Waals surface area contributed by atoms with Gasteiger partial charge in [-0.05, 0) is 0 Å². The van der Waals surface area contributed by atoms with Crippen LogP contribution >= 0.6 is 0 Å². The van der Waals surface area contributed by atoms with E-state index in [2.05, 4.69) is 6.92 Å². The fourth-order valence-corrected chi connectivity index (χ4v) is 1.05. The van der Waals surface area contributed by atoms with Gasteiger partial charge in [-0.1, -0.05) is 0 Å². The monoisotopic (exact) mass is 178 g/mol. The van der Waals surface area contributed by atoms with E-state index >= 15 is 0 Å². The van der Waals surface area contributed by atoms with Gasteiger partial charge in [0, 0.05) is 0 Å². The molecule has 50 valence electrons. The number of hydrogen-bond donors (Lipinski definition) is 1. The third-order valence-corrected chi connectivity index (χ3v) is 2.30. The van der Waals surface area contributed by atoms with Gasteiger partial charge in [0.25, 0.3) is 0 Å². The van der Waals surface area contributed by atoms with E-state index in [9.17, 15) is 0 Å². The summed E-state index contributed by atoms with van der Waals surface area (Å²) in [4.78, 5) is 0. The molecule has 0 heterocycles. The topological polar surface area (TPSA) is 20.2 Å². The average Bonchev–Trinajstić information content (AvgIpc) is 1.83. The Balaban J connectivity index is 2.86. The number of rotatable bonds is 4. The number of hydrogen-bond acceptors (Lipinski definition) is 1. The van der Waals surface area contributed by atoms with Crippen molar-refractivity contribution in [1.29, 1.82) is 0 Å². The quantitative estimate of drug-likeness (QED) is 0.624. The zero-order valence-corrected chi connectivity index (χ0v) is 7.85. The summed E-state index contributed by atoms with van der Waals surface area (Å²) in [6, 6.07) is 0. The number of unbranched alkanes of at least 4 members (excludes halogenated alkanes) is 1. The number of aliphatic hydroxyl groups excluding tert-OH is 1. The Morgan fingerprint density at radius 3 is 2.62 bits per heavy atom. The second kappa shape index (κ2) is 5.65. The molecular weight excluding hydrogens is 163 g/mol. The molecule has 0 aromatic rings. The fraction of sp³-hybridized carbons (Fsp3) is 1.00. The van der Waals surface area contributed by atoms with E-state index < -0.39 is 0 Å². The standard InChI is InChI=1S/C6H15AsO/c1-2-3-4-6(7)5-8/h6,8H,2-5,7H2,1H3/t6-/m1/s1. The molecule has 0 radical (unpaired) electrons. The van der Waals surface area contributed by atoms with Crippen LogP contribution in [0.4, 0.5) is 0 Å². The molecule has 8 heavy (non-hydrogen) atoms. The molecule has 2 heteroatoms. The van der Waals surface area contributed by atoms with Crippen LogP contribution in [0.5, 0.6) is 0 Å². The Hall–Kier alpha value is 0.518. The SMILES string of the molecule is CCCC[C@@H]([AsH2])CO. The Bertz CT molecular complexity index is 47.8. The first-order valence-electron chi connectivity index (χ1n) is 3.17. The second-order valence-electron chi connectivity index (χ2n) is 2.08. The molecule has 0 saturated carbocycles. The van der Waals surface area contributed by atoms with Crippen molar-refractivity contribution in [2.75, 3.05) is 6.61 Å². The summed E-state index contributed by atoms with van der Waals surface area (Å²) >= 11 is 1.66. The molecule has 0 bridgehead atoms. The van der Waals surface area contributed by atoms with Gasteiger partial charge in [0.2, 0.25) is 0 Å². The Morgan fingerprint density at radius 1 is 1.62 bits per heavy atom. The Labute approximate surface area is 60.0 Å². The van der Waals surface area contributed by atoms with E-state index in [4.69, 9.17) is 5.11 Å². The van der Waals surface area contributed by atoms with Gasteiger partial charge in [-0.25, -0.2) is 0 Å². The van der Waals surface area contributed by atoms with Crippen LogP contribution in [0, 0.1) is 0 Å². The van der Waals surface area contributed by atoms with Gasteiger partial charge >= 0.3 is 59.5 Å². The molecule has 0 saturated heterocycles. The van der Waals surface area contributed by atoms with Crippen molar-refractivity contribution in [1.82, 2.24) is 0 Å². The molecule has 0 amide bonds. The van der Waals surface area contributed by atoms with Crippen LogP contribution < -0.4 is 0 Å². The summed E-state index contributed by atoms with van der Waals surface area (Å²) in [6.07, 6.45) is 3.72. The van der Waals surface area contributed by atoms with Crippen molar-refractivity contribution in [2.45, 2.75) is 30.9 Å². The maximum atomic E-state index is 8.58. The van der Waals surface area contributed by atoms with E-state index in [1.807, 2.05) is 0 Å². The Morgan fingerprint density at radius 2 is 2.25 bits per heavy atom. The first-order chi connectivity index (χ1) is 3.81. The van der Waals surface area contributed by atoms with Crippen molar-refractivity contribution in [3.05, 3.63) is 0 Å². The van der Waals surface area contributed by atoms with Crippen molar-refractivity contribution >= 4 is 16.9 Å². The summed E-state index contributed by atoms with van der Waals surface area (Å²) in [7, 11) is 0. The summed E-state index contributed by atoms with van der Waals surface area (Å²) < 4.78 is 0.572. The van der Waals surface area contributed by atoms with Gasteiger partial charge in [0.15, 0.2) is 0 Å². The molecule has 0 aromatic heterocycles. The van der Waals surface area contributed by atoms with Crippen molar-refractivity contribution in [3.8, 4) is 0 Å². The predicted octanol–water partition coefficient (Wildman–Crippen LogP) is 0.590. The van der Waals surface area contributed by atoms with Crippen LogP contribution in [-0.2, 0) is 0 Å². The normalized spacial score (nSPS) is 13.9. The summed E-state index contributed by atoms with van der Waals surface area (Å²) in [6.45, 7) is 2.55. The molecule has 0 aliphatic carbocycles. The van der Waals surface area contributed by atoms with Crippen molar-refractivity contribution in [2.24, 2.45) is 0 Å². The molecule has 0 fully saturated rings. The predicted molar refractivity (Wildman–Crippen MR) is 38.9 cm³/mol. The molecule has 0 rings (SSSR count). The molecule has 0 aromatic carbocycles. The van der Waals surface area contributed by atoms with Gasteiger partial charge in [-0.3, -0.25) is 0 Å². The third-order valence-electron chi connectivity index (χ3n) is 1.16. The van der Waals surface area contributed by atoms with Crippen molar-refractivity contribution < 1.29 is 5.11 Å². The van der Waals surface area contributed by atoms with E-state index in [1.165, 1.54) is 19.3 Å². The third kappa shape index (κ3) is 4.67. The molecule has 0 aliphatic heterocycles. The summed E-state index contributed by atoms with van der Waals surface area (Å²) in [5.41, 5.74) is 0. The first kappa shape index (κ1) is 8.52. The van der Waals surface area contributed by atoms with E-state index in [1.54, 1.807) is 16.9 Å². The summed E-state index contributed by atoms with van der Waals surface area (Å²) in [5.74, 6) is 0. The molecule has 1 nitrogen and oxygen atoms in total. The van der Waals surface area contributed by atoms with E-state index in [0.717, 1.165) is 0 Å². The minimum atomic E-state index is 0.375. The van der Waals surface area contributed by atoms with Crippen LogP contribution in [0.15, 0.2) is 0 Å². The average molecular weight is 178 g/mol. The zero-order chi connectivity index (χ0) is 6.41. The first-order valence-corrected chi connectivity index (χ1v) is 4.57. The fourth-order valence-electron chi connectivity index (χ4n) is 0.558.